The van der Waals surface area contributed by atoms with Gasteiger partial charge < -0.3 is 10.1 Å². The monoisotopic (exact) mass is 320 g/mol. The predicted octanol–water partition coefficient (Wildman–Crippen LogP) is 2.50. The lowest BCUT2D eigenvalue weighted by atomic mass is 9.93. The van der Waals surface area contributed by atoms with Gasteiger partial charge >= 0.3 is 0 Å². The fraction of sp³-hybridized carbons (Fsp3) is 0.667. The summed E-state index contributed by atoms with van der Waals surface area (Å²) in [5.41, 5.74) is 2.72. The first kappa shape index (κ1) is 17.9. The van der Waals surface area contributed by atoms with Crippen molar-refractivity contribution in [3.05, 3.63) is 22.5 Å². The van der Waals surface area contributed by atoms with Crippen LogP contribution in [0.3, 0.4) is 0 Å². The largest absolute Gasteiger partial charge is 0.396 e. The number of H-pyrrole nitrogens is 1. The Labute approximate surface area is 138 Å². The van der Waals surface area contributed by atoms with Crippen molar-refractivity contribution >= 4 is 11.6 Å². The molecule has 2 N–H and O–H groups in total. The molecule has 1 aliphatic heterocycles. The summed E-state index contributed by atoms with van der Waals surface area (Å²) in [6.45, 7) is 9.11. The number of aromatic amines is 1. The van der Waals surface area contributed by atoms with Crippen LogP contribution in [-0.2, 0) is 0 Å². The number of likely N-dealkylation sites (tertiary alicyclic amines) is 1. The molecule has 1 aromatic heterocycles. The summed E-state index contributed by atoms with van der Waals surface area (Å²) in [5.74, 6) is 0.495. The van der Waals surface area contributed by atoms with E-state index >= 15 is 0 Å². The van der Waals surface area contributed by atoms with E-state index < -0.39 is 0 Å². The summed E-state index contributed by atoms with van der Waals surface area (Å²) >= 11 is 0. The van der Waals surface area contributed by atoms with Crippen molar-refractivity contribution in [3.63, 3.8) is 0 Å². The molecule has 2 rings (SSSR count). The summed E-state index contributed by atoms with van der Waals surface area (Å²) in [6, 6.07) is -0.215. The lowest BCUT2D eigenvalue weighted by Gasteiger charge is -2.36. The van der Waals surface area contributed by atoms with Crippen molar-refractivity contribution in [1.29, 1.82) is 0 Å². The molecule has 23 heavy (non-hydrogen) atoms. The number of carbonyl (C=O) groups is 2. The third-order valence-electron chi connectivity index (χ3n) is 5.05. The number of nitrogens with one attached hydrogen (secondary N) is 1. The molecule has 0 radical (unpaired) electrons. The lowest BCUT2D eigenvalue weighted by molar-refractivity contribution is 0.0723. The number of carbonyl (C=O) groups excluding carboxylic acids is 2. The molecule has 5 nitrogen and oxygen atoms in total. The van der Waals surface area contributed by atoms with Crippen LogP contribution in [0.15, 0.2) is 0 Å². The number of aromatic nitrogens is 1. The van der Waals surface area contributed by atoms with E-state index in [1.807, 2.05) is 20.8 Å². The Morgan fingerprint density at radius 3 is 2.65 bits per heavy atom. The van der Waals surface area contributed by atoms with E-state index in [0.717, 1.165) is 43.6 Å². The van der Waals surface area contributed by atoms with Gasteiger partial charge in [-0.3, -0.25) is 14.5 Å². The number of piperidine rings is 1. The number of aliphatic hydroxyl groups excluding tert-OH is 1. The van der Waals surface area contributed by atoms with E-state index in [1.54, 1.807) is 0 Å². The molecular weight excluding hydrogens is 292 g/mol. The van der Waals surface area contributed by atoms with E-state index in [2.05, 4.69) is 9.88 Å². The number of aliphatic hydroxyl groups is 1. The molecule has 2 atom stereocenters. The molecule has 0 saturated carbocycles. The van der Waals surface area contributed by atoms with Crippen molar-refractivity contribution < 1.29 is 14.7 Å². The van der Waals surface area contributed by atoms with Gasteiger partial charge in [-0.25, -0.2) is 0 Å². The second-order valence-corrected chi connectivity index (χ2v) is 6.74. The molecule has 0 spiro atoms. The van der Waals surface area contributed by atoms with Crippen LogP contribution >= 0.6 is 0 Å². The van der Waals surface area contributed by atoms with Gasteiger partial charge in [0.2, 0.25) is 0 Å². The van der Waals surface area contributed by atoms with E-state index in [0.29, 0.717) is 17.2 Å². The molecular formula is C18H28N2O3. The van der Waals surface area contributed by atoms with Crippen LogP contribution in [0, 0.1) is 19.8 Å². The van der Waals surface area contributed by atoms with Crippen molar-refractivity contribution in [2.24, 2.45) is 5.92 Å². The molecule has 0 aliphatic carbocycles. The maximum atomic E-state index is 12.9. The van der Waals surface area contributed by atoms with Crippen LogP contribution in [-0.4, -0.2) is 52.3 Å². The Balaban J connectivity index is 2.17. The fourth-order valence-corrected chi connectivity index (χ4v) is 3.77. The summed E-state index contributed by atoms with van der Waals surface area (Å²) in [4.78, 5) is 29.9. The Morgan fingerprint density at radius 1 is 1.39 bits per heavy atom. The van der Waals surface area contributed by atoms with Crippen LogP contribution < -0.4 is 0 Å². The van der Waals surface area contributed by atoms with Crippen molar-refractivity contribution in [2.75, 3.05) is 19.7 Å². The zero-order valence-electron chi connectivity index (χ0n) is 14.6. The first-order valence-electron chi connectivity index (χ1n) is 8.46. The molecule has 1 aliphatic rings. The summed E-state index contributed by atoms with van der Waals surface area (Å²) in [7, 11) is 0. The molecule has 1 saturated heterocycles. The Kier molecular flexibility index (Phi) is 5.76. The maximum absolute atomic E-state index is 12.9. The van der Waals surface area contributed by atoms with E-state index in [4.69, 9.17) is 5.11 Å². The smallest absolute Gasteiger partial charge is 0.196 e. The number of hydrogen-bond acceptors (Lipinski definition) is 4. The van der Waals surface area contributed by atoms with Gasteiger partial charge in [-0.05, 0) is 65.0 Å². The zero-order chi connectivity index (χ0) is 17.1. The number of ketones is 2. The van der Waals surface area contributed by atoms with Crippen LogP contribution in [0.2, 0.25) is 0 Å². The highest BCUT2D eigenvalue weighted by Crippen LogP contribution is 2.24. The molecule has 128 valence electrons. The number of Topliss-reactive ketones (excluding diaryl/α,β-unsaturated/α-hetero) is 2. The molecule has 0 bridgehead atoms. The Hall–Kier alpha value is -1.46. The van der Waals surface area contributed by atoms with Gasteiger partial charge in [-0.1, -0.05) is 0 Å². The summed E-state index contributed by atoms with van der Waals surface area (Å²) in [6.07, 6.45) is 2.98. The molecule has 0 unspecified atom stereocenters. The number of nitrogens with zero attached hydrogens (tertiary/aromatic N) is 1. The number of rotatable bonds is 6. The standard InChI is InChI=1S/C18H28N2O3/c1-11-16(14(4)22)12(2)19-17(11)18(23)13(3)20-8-5-6-15(10-20)7-9-21/h13,15,19,21H,5-10H2,1-4H3/t13-,15-/m0/s1. The first-order chi connectivity index (χ1) is 10.9. The van der Waals surface area contributed by atoms with E-state index in [-0.39, 0.29) is 24.2 Å². The van der Waals surface area contributed by atoms with E-state index in [9.17, 15) is 9.59 Å². The third-order valence-corrected chi connectivity index (χ3v) is 5.05. The highest BCUT2D eigenvalue weighted by atomic mass is 16.3. The van der Waals surface area contributed by atoms with Crippen LogP contribution in [0.4, 0.5) is 0 Å². The summed E-state index contributed by atoms with van der Waals surface area (Å²) < 4.78 is 0. The fourth-order valence-electron chi connectivity index (χ4n) is 3.77. The van der Waals surface area contributed by atoms with Gasteiger partial charge in [0, 0.05) is 24.4 Å². The van der Waals surface area contributed by atoms with Gasteiger partial charge in [-0.15, -0.1) is 0 Å². The Bertz CT molecular complexity index is 589. The van der Waals surface area contributed by atoms with Crippen LogP contribution in [0.5, 0.6) is 0 Å². The minimum atomic E-state index is -0.215. The third kappa shape index (κ3) is 3.72. The lowest BCUT2D eigenvalue weighted by Crippen LogP contribution is -2.45. The molecule has 1 aromatic rings. The highest BCUT2D eigenvalue weighted by molar-refractivity contribution is 6.05. The minimum absolute atomic E-state index is 0.0102. The first-order valence-corrected chi connectivity index (χ1v) is 8.46. The van der Waals surface area contributed by atoms with Crippen molar-refractivity contribution in [2.45, 2.75) is 53.0 Å². The van der Waals surface area contributed by atoms with Gasteiger partial charge in [0.1, 0.15) is 0 Å². The van der Waals surface area contributed by atoms with Crippen LogP contribution in [0.25, 0.3) is 0 Å². The second kappa shape index (κ2) is 7.41. The van der Waals surface area contributed by atoms with Gasteiger partial charge in [0.25, 0.3) is 0 Å². The average molecular weight is 320 g/mol. The number of aryl methyl sites for hydroxylation is 1. The zero-order valence-corrected chi connectivity index (χ0v) is 14.6. The van der Waals surface area contributed by atoms with E-state index in [1.165, 1.54) is 6.92 Å². The van der Waals surface area contributed by atoms with Crippen molar-refractivity contribution in [3.8, 4) is 0 Å². The normalized spacial score (nSPS) is 20.5. The quantitative estimate of drug-likeness (QED) is 0.790. The van der Waals surface area contributed by atoms with Crippen molar-refractivity contribution in [1.82, 2.24) is 9.88 Å². The number of hydrogen-bond donors (Lipinski definition) is 2. The van der Waals surface area contributed by atoms with Gasteiger partial charge in [0.15, 0.2) is 11.6 Å². The Morgan fingerprint density at radius 2 is 2.09 bits per heavy atom. The predicted molar refractivity (Wildman–Crippen MR) is 90.1 cm³/mol. The minimum Gasteiger partial charge on any atom is -0.396 e. The summed E-state index contributed by atoms with van der Waals surface area (Å²) in [5, 5.41) is 9.13. The second-order valence-electron chi connectivity index (χ2n) is 6.74. The van der Waals surface area contributed by atoms with Crippen LogP contribution in [0.1, 0.15) is 65.2 Å². The molecule has 2 heterocycles. The SMILES string of the molecule is CC(=O)c1c(C)[nH]c(C(=O)[C@H](C)N2CCC[C@@H](CCO)C2)c1C. The highest BCUT2D eigenvalue weighted by Gasteiger charge is 2.30. The average Bonchev–Trinajstić information content (AvgIpc) is 2.81. The topological polar surface area (TPSA) is 73.4 Å². The molecule has 5 heteroatoms. The maximum Gasteiger partial charge on any atom is 0.196 e. The van der Waals surface area contributed by atoms with Gasteiger partial charge in [-0.2, -0.15) is 0 Å². The molecule has 0 aromatic carbocycles. The molecule has 1 fully saturated rings. The molecule has 0 amide bonds. The van der Waals surface area contributed by atoms with Gasteiger partial charge in [0.05, 0.1) is 11.7 Å².